The van der Waals surface area contributed by atoms with Crippen molar-refractivity contribution in [2.24, 2.45) is 0 Å². The highest BCUT2D eigenvalue weighted by molar-refractivity contribution is 5.61. The predicted octanol–water partition coefficient (Wildman–Crippen LogP) is 3.08. The number of hydrogen-bond donors (Lipinski definition) is 2. The van der Waals surface area contributed by atoms with Crippen molar-refractivity contribution < 1.29 is 4.74 Å². The molecule has 0 atom stereocenters. The Morgan fingerprint density at radius 1 is 1.23 bits per heavy atom. The fourth-order valence-electron chi connectivity index (χ4n) is 2.99. The van der Waals surface area contributed by atoms with E-state index in [0.717, 1.165) is 22.6 Å². The number of benzene rings is 1. The topological polar surface area (TPSA) is 54.1 Å². The Labute approximate surface area is 130 Å². The number of hydrogen-bond acceptors (Lipinski definition) is 3. The van der Waals surface area contributed by atoms with Crippen LogP contribution in [0.1, 0.15) is 31.2 Å². The Bertz CT molecular complexity index is 687. The van der Waals surface area contributed by atoms with Gasteiger partial charge in [-0.15, -0.1) is 0 Å². The van der Waals surface area contributed by atoms with Crippen LogP contribution < -0.4 is 15.6 Å². The second-order valence-corrected chi connectivity index (χ2v) is 5.82. The molecule has 1 aromatic carbocycles. The van der Waals surface area contributed by atoms with E-state index in [4.69, 9.17) is 4.74 Å². The third-order valence-electron chi connectivity index (χ3n) is 4.31. The van der Waals surface area contributed by atoms with Gasteiger partial charge in [0.05, 0.1) is 7.11 Å². The third-order valence-corrected chi connectivity index (χ3v) is 4.31. The third kappa shape index (κ3) is 3.39. The van der Waals surface area contributed by atoms with Gasteiger partial charge in [0.1, 0.15) is 5.75 Å². The van der Waals surface area contributed by atoms with Gasteiger partial charge in [-0.3, -0.25) is 4.79 Å². The Morgan fingerprint density at radius 3 is 2.77 bits per heavy atom. The number of methoxy groups -OCH3 is 1. The number of rotatable bonds is 5. The fourth-order valence-corrected chi connectivity index (χ4v) is 2.99. The van der Waals surface area contributed by atoms with Gasteiger partial charge < -0.3 is 15.0 Å². The SMILES string of the molecule is COc1cccc(-c2ccc(CNC3CCCC3)c(=O)[nH]2)c1. The van der Waals surface area contributed by atoms with Gasteiger partial charge in [0.2, 0.25) is 0 Å². The summed E-state index contributed by atoms with van der Waals surface area (Å²) in [6.07, 6.45) is 5.03. The van der Waals surface area contributed by atoms with Crippen LogP contribution in [-0.4, -0.2) is 18.1 Å². The van der Waals surface area contributed by atoms with E-state index in [-0.39, 0.29) is 5.56 Å². The average molecular weight is 298 g/mol. The number of ether oxygens (including phenoxy) is 1. The van der Waals surface area contributed by atoms with Crippen molar-refractivity contribution in [3.63, 3.8) is 0 Å². The summed E-state index contributed by atoms with van der Waals surface area (Å²) >= 11 is 0. The van der Waals surface area contributed by atoms with Crippen molar-refractivity contribution in [1.29, 1.82) is 0 Å². The number of aromatic amines is 1. The molecule has 0 radical (unpaired) electrons. The fraction of sp³-hybridized carbons (Fsp3) is 0.389. The summed E-state index contributed by atoms with van der Waals surface area (Å²) < 4.78 is 5.22. The number of H-pyrrole nitrogens is 1. The zero-order valence-electron chi connectivity index (χ0n) is 12.9. The molecule has 1 aliphatic rings. The minimum Gasteiger partial charge on any atom is -0.497 e. The minimum atomic E-state index is -0.0224. The first-order valence-corrected chi connectivity index (χ1v) is 7.86. The molecule has 3 rings (SSSR count). The van der Waals surface area contributed by atoms with Crippen molar-refractivity contribution in [3.05, 3.63) is 52.3 Å². The molecule has 2 N–H and O–H groups in total. The van der Waals surface area contributed by atoms with Crippen LogP contribution >= 0.6 is 0 Å². The summed E-state index contributed by atoms with van der Waals surface area (Å²) in [4.78, 5) is 15.2. The molecule has 1 fully saturated rings. The molecule has 1 aromatic heterocycles. The zero-order valence-corrected chi connectivity index (χ0v) is 12.9. The van der Waals surface area contributed by atoms with Gasteiger partial charge in [-0.2, -0.15) is 0 Å². The lowest BCUT2D eigenvalue weighted by Gasteiger charge is -2.11. The lowest BCUT2D eigenvalue weighted by atomic mass is 10.1. The highest BCUT2D eigenvalue weighted by Crippen LogP contribution is 2.21. The van der Waals surface area contributed by atoms with Crippen LogP contribution in [0.15, 0.2) is 41.2 Å². The van der Waals surface area contributed by atoms with E-state index in [2.05, 4.69) is 10.3 Å². The van der Waals surface area contributed by atoms with Crippen LogP contribution in [-0.2, 0) is 6.54 Å². The second-order valence-electron chi connectivity index (χ2n) is 5.82. The largest absolute Gasteiger partial charge is 0.497 e. The highest BCUT2D eigenvalue weighted by atomic mass is 16.5. The summed E-state index contributed by atoms with van der Waals surface area (Å²) in [6.45, 7) is 0.637. The molecule has 4 nitrogen and oxygen atoms in total. The van der Waals surface area contributed by atoms with Crippen molar-refractivity contribution in [1.82, 2.24) is 10.3 Å². The van der Waals surface area contributed by atoms with Crippen LogP contribution in [0.3, 0.4) is 0 Å². The molecule has 116 valence electrons. The molecule has 1 aliphatic carbocycles. The molecule has 1 saturated carbocycles. The summed E-state index contributed by atoms with van der Waals surface area (Å²) in [6, 6.07) is 12.1. The Hall–Kier alpha value is -2.07. The Balaban J connectivity index is 1.74. The van der Waals surface area contributed by atoms with E-state index >= 15 is 0 Å². The zero-order chi connectivity index (χ0) is 15.4. The van der Waals surface area contributed by atoms with E-state index < -0.39 is 0 Å². The molecule has 22 heavy (non-hydrogen) atoms. The maximum atomic E-state index is 12.2. The van der Waals surface area contributed by atoms with Crippen LogP contribution in [0.4, 0.5) is 0 Å². The molecular weight excluding hydrogens is 276 g/mol. The van der Waals surface area contributed by atoms with E-state index in [1.807, 2.05) is 36.4 Å². The van der Waals surface area contributed by atoms with Gasteiger partial charge >= 0.3 is 0 Å². The standard InChI is InChI=1S/C18H22N2O2/c1-22-16-8-4-5-13(11-16)17-10-9-14(18(21)20-17)12-19-15-6-2-3-7-15/h4-5,8-11,15,19H,2-3,6-7,12H2,1H3,(H,20,21). The van der Waals surface area contributed by atoms with Crippen LogP contribution in [0.2, 0.25) is 0 Å². The summed E-state index contributed by atoms with van der Waals surface area (Å²) in [5.74, 6) is 0.783. The van der Waals surface area contributed by atoms with Gasteiger partial charge in [0.25, 0.3) is 5.56 Å². The number of nitrogens with one attached hydrogen (secondary N) is 2. The van der Waals surface area contributed by atoms with Crippen LogP contribution in [0, 0.1) is 0 Å². The molecule has 0 aliphatic heterocycles. The van der Waals surface area contributed by atoms with Gasteiger partial charge in [-0.05, 0) is 31.0 Å². The highest BCUT2D eigenvalue weighted by Gasteiger charge is 2.14. The van der Waals surface area contributed by atoms with E-state index in [0.29, 0.717) is 12.6 Å². The Kier molecular flexibility index (Phi) is 4.59. The van der Waals surface area contributed by atoms with E-state index in [1.54, 1.807) is 7.11 Å². The molecule has 0 bridgehead atoms. The minimum absolute atomic E-state index is 0.0224. The Morgan fingerprint density at radius 2 is 2.05 bits per heavy atom. The first-order valence-electron chi connectivity index (χ1n) is 7.86. The average Bonchev–Trinajstić information content (AvgIpc) is 3.07. The maximum Gasteiger partial charge on any atom is 0.252 e. The maximum absolute atomic E-state index is 12.2. The van der Waals surface area contributed by atoms with Crippen molar-refractivity contribution >= 4 is 0 Å². The predicted molar refractivity (Wildman–Crippen MR) is 88.1 cm³/mol. The number of aromatic nitrogens is 1. The summed E-state index contributed by atoms with van der Waals surface area (Å²) in [7, 11) is 1.64. The molecule has 1 heterocycles. The van der Waals surface area contributed by atoms with Gasteiger partial charge in [0, 0.05) is 29.4 Å². The molecule has 0 spiro atoms. The first-order chi connectivity index (χ1) is 10.8. The van der Waals surface area contributed by atoms with E-state index in [1.165, 1.54) is 25.7 Å². The smallest absolute Gasteiger partial charge is 0.252 e. The van der Waals surface area contributed by atoms with Crippen LogP contribution in [0.25, 0.3) is 11.3 Å². The van der Waals surface area contributed by atoms with Crippen molar-refractivity contribution in [3.8, 4) is 17.0 Å². The van der Waals surface area contributed by atoms with Crippen molar-refractivity contribution in [2.45, 2.75) is 38.3 Å². The quantitative estimate of drug-likeness (QED) is 0.892. The van der Waals surface area contributed by atoms with E-state index in [9.17, 15) is 4.79 Å². The molecule has 4 heteroatoms. The van der Waals surface area contributed by atoms with Gasteiger partial charge in [-0.25, -0.2) is 0 Å². The summed E-state index contributed by atoms with van der Waals surface area (Å²) in [5, 5.41) is 3.48. The van der Waals surface area contributed by atoms with Gasteiger partial charge in [0.15, 0.2) is 0 Å². The summed E-state index contributed by atoms with van der Waals surface area (Å²) in [5.41, 5.74) is 2.53. The number of pyridine rings is 1. The van der Waals surface area contributed by atoms with Crippen LogP contribution in [0.5, 0.6) is 5.75 Å². The van der Waals surface area contributed by atoms with Gasteiger partial charge in [-0.1, -0.05) is 31.0 Å². The lowest BCUT2D eigenvalue weighted by Crippen LogP contribution is -2.28. The van der Waals surface area contributed by atoms with Crippen molar-refractivity contribution in [2.75, 3.05) is 7.11 Å². The molecule has 0 unspecified atom stereocenters. The molecule has 2 aromatic rings. The molecule has 0 saturated heterocycles. The monoisotopic (exact) mass is 298 g/mol. The second kappa shape index (κ2) is 6.79. The molecule has 0 amide bonds. The molecular formula is C18H22N2O2. The lowest BCUT2D eigenvalue weighted by molar-refractivity contribution is 0.415. The first kappa shape index (κ1) is 14.9. The normalized spacial score (nSPS) is 15.1.